The number of nitrogens with two attached hydrogens (primary N) is 1. The van der Waals surface area contributed by atoms with Crippen molar-refractivity contribution in [2.24, 2.45) is 5.73 Å². The second-order valence-corrected chi connectivity index (χ2v) is 5.24. The van der Waals surface area contributed by atoms with Gasteiger partial charge in [0.1, 0.15) is 5.82 Å². The maximum atomic E-state index is 11.9. The van der Waals surface area contributed by atoms with Crippen molar-refractivity contribution in [3.05, 3.63) is 12.0 Å². The SMILES string of the molecule is CCc1ncc(S(=O)(=O)NC(CN)COC)[nH]1. The monoisotopic (exact) mass is 262 g/mol. The number of hydrogen-bond acceptors (Lipinski definition) is 5. The fourth-order valence-electron chi connectivity index (χ4n) is 1.29. The highest BCUT2D eigenvalue weighted by Gasteiger charge is 2.21. The summed E-state index contributed by atoms with van der Waals surface area (Å²) < 4.78 is 31.1. The quantitative estimate of drug-likeness (QED) is 0.597. The van der Waals surface area contributed by atoms with Gasteiger partial charge in [0.05, 0.1) is 18.8 Å². The summed E-state index contributed by atoms with van der Waals surface area (Å²) in [5.41, 5.74) is 5.44. The van der Waals surface area contributed by atoms with Crippen molar-refractivity contribution in [3.8, 4) is 0 Å². The van der Waals surface area contributed by atoms with Crippen LogP contribution in [0.1, 0.15) is 12.7 Å². The molecule has 1 aromatic rings. The van der Waals surface area contributed by atoms with E-state index in [1.165, 1.54) is 13.3 Å². The van der Waals surface area contributed by atoms with Crippen LogP contribution in [0.5, 0.6) is 0 Å². The Bertz CT molecular complexity index is 443. The van der Waals surface area contributed by atoms with Crippen LogP contribution in [0.15, 0.2) is 11.2 Å². The van der Waals surface area contributed by atoms with Crippen LogP contribution in [0, 0.1) is 0 Å². The fourth-order valence-corrected chi connectivity index (χ4v) is 2.47. The van der Waals surface area contributed by atoms with Gasteiger partial charge < -0.3 is 15.5 Å². The first kappa shape index (κ1) is 14.1. The van der Waals surface area contributed by atoms with Gasteiger partial charge in [-0.25, -0.2) is 18.1 Å². The van der Waals surface area contributed by atoms with Gasteiger partial charge in [-0.15, -0.1) is 0 Å². The van der Waals surface area contributed by atoms with Gasteiger partial charge in [0.2, 0.25) is 0 Å². The summed E-state index contributed by atoms with van der Waals surface area (Å²) in [5.74, 6) is 0.626. The molecule has 0 aliphatic rings. The van der Waals surface area contributed by atoms with Gasteiger partial charge in [0, 0.05) is 20.1 Å². The first-order valence-electron chi connectivity index (χ1n) is 5.28. The average molecular weight is 262 g/mol. The molecule has 0 saturated carbocycles. The zero-order valence-electron chi connectivity index (χ0n) is 9.93. The molecule has 17 heavy (non-hydrogen) atoms. The number of ether oxygens (including phenoxy) is 1. The second kappa shape index (κ2) is 6.10. The lowest BCUT2D eigenvalue weighted by Gasteiger charge is -2.14. The summed E-state index contributed by atoms with van der Waals surface area (Å²) in [4.78, 5) is 6.67. The van der Waals surface area contributed by atoms with Crippen molar-refractivity contribution in [3.63, 3.8) is 0 Å². The smallest absolute Gasteiger partial charge is 0.257 e. The number of sulfonamides is 1. The van der Waals surface area contributed by atoms with Crippen molar-refractivity contribution >= 4 is 10.0 Å². The molecule has 1 heterocycles. The van der Waals surface area contributed by atoms with Crippen LogP contribution in [0.4, 0.5) is 0 Å². The highest BCUT2D eigenvalue weighted by atomic mass is 32.2. The maximum Gasteiger partial charge on any atom is 0.257 e. The van der Waals surface area contributed by atoms with Crippen molar-refractivity contribution in [2.75, 3.05) is 20.3 Å². The first-order valence-corrected chi connectivity index (χ1v) is 6.77. The molecule has 0 aliphatic heterocycles. The van der Waals surface area contributed by atoms with Gasteiger partial charge in [-0.05, 0) is 0 Å². The Morgan fingerprint density at radius 1 is 1.65 bits per heavy atom. The summed E-state index contributed by atoms with van der Waals surface area (Å²) in [6.45, 7) is 2.28. The van der Waals surface area contributed by atoms with Crippen LogP contribution < -0.4 is 10.5 Å². The van der Waals surface area contributed by atoms with Gasteiger partial charge in [-0.2, -0.15) is 0 Å². The summed E-state index contributed by atoms with van der Waals surface area (Å²) >= 11 is 0. The Hall–Kier alpha value is -0.960. The Balaban J connectivity index is 2.80. The van der Waals surface area contributed by atoms with Crippen LogP contribution in [0.2, 0.25) is 0 Å². The van der Waals surface area contributed by atoms with Crippen molar-refractivity contribution in [1.29, 1.82) is 0 Å². The van der Waals surface area contributed by atoms with E-state index >= 15 is 0 Å². The molecule has 1 atom stereocenters. The second-order valence-electron chi connectivity index (χ2n) is 3.56. The van der Waals surface area contributed by atoms with Gasteiger partial charge in [-0.3, -0.25) is 0 Å². The number of aromatic nitrogens is 2. The van der Waals surface area contributed by atoms with E-state index in [0.717, 1.165) is 0 Å². The Labute approximate surface area is 101 Å². The first-order chi connectivity index (χ1) is 8.03. The molecule has 1 unspecified atom stereocenters. The molecule has 98 valence electrons. The summed E-state index contributed by atoms with van der Waals surface area (Å²) in [7, 11) is -2.12. The van der Waals surface area contributed by atoms with E-state index < -0.39 is 16.1 Å². The molecule has 0 amide bonds. The van der Waals surface area contributed by atoms with E-state index in [9.17, 15) is 8.42 Å². The molecular weight excluding hydrogens is 244 g/mol. The Morgan fingerprint density at radius 2 is 2.35 bits per heavy atom. The molecule has 0 aliphatic carbocycles. The number of hydrogen-bond donors (Lipinski definition) is 3. The lowest BCUT2D eigenvalue weighted by molar-refractivity contribution is 0.177. The van der Waals surface area contributed by atoms with Crippen LogP contribution in [-0.4, -0.2) is 44.7 Å². The summed E-state index contributed by atoms with van der Waals surface area (Å²) in [5, 5.41) is 0.0453. The third kappa shape index (κ3) is 3.77. The third-order valence-corrected chi connectivity index (χ3v) is 3.63. The van der Waals surface area contributed by atoms with Gasteiger partial charge in [-0.1, -0.05) is 6.92 Å². The Kier molecular flexibility index (Phi) is 5.06. The molecule has 8 heteroatoms. The fraction of sp³-hybridized carbons (Fsp3) is 0.667. The molecule has 1 rings (SSSR count). The normalized spacial score (nSPS) is 13.8. The van der Waals surface area contributed by atoms with Gasteiger partial charge >= 0.3 is 0 Å². The van der Waals surface area contributed by atoms with Crippen molar-refractivity contribution in [2.45, 2.75) is 24.4 Å². The number of nitrogens with one attached hydrogen (secondary N) is 2. The molecule has 1 aromatic heterocycles. The van der Waals surface area contributed by atoms with E-state index in [4.69, 9.17) is 10.5 Å². The standard InChI is InChI=1S/C9H18N4O3S/c1-3-8-11-5-9(12-8)17(14,15)13-7(4-10)6-16-2/h5,7,13H,3-4,6,10H2,1-2H3,(H,11,12). The van der Waals surface area contributed by atoms with Gasteiger partial charge in [0.25, 0.3) is 10.0 Å². The van der Waals surface area contributed by atoms with E-state index in [0.29, 0.717) is 12.2 Å². The van der Waals surface area contributed by atoms with E-state index in [1.54, 1.807) is 0 Å². The number of methoxy groups -OCH3 is 1. The summed E-state index contributed by atoms with van der Waals surface area (Å²) in [6, 6.07) is -0.446. The average Bonchev–Trinajstić information content (AvgIpc) is 2.77. The van der Waals surface area contributed by atoms with E-state index in [-0.39, 0.29) is 18.2 Å². The predicted octanol–water partition coefficient (Wildman–Crippen LogP) is -0.776. The molecule has 4 N–H and O–H groups in total. The van der Waals surface area contributed by atoms with Crippen LogP contribution in [0.25, 0.3) is 0 Å². The number of nitrogens with zero attached hydrogens (tertiary/aromatic N) is 1. The van der Waals surface area contributed by atoms with Crippen molar-refractivity contribution in [1.82, 2.24) is 14.7 Å². The highest BCUT2D eigenvalue weighted by molar-refractivity contribution is 7.89. The van der Waals surface area contributed by atoms with Crippen LogP contribution in [-0.2, 0) is 21.2 Å². The molecule has 7 nitrogen and oxygen atoms in total. The van der Waals surface area contributed by atoms with Gasteiger partial charge in [0.15, 0.2) is 5.03 Å². The highest BCUT2D eigenvalue weighted by Crippen LogP contribution is 2.06. The van der Waals surface area contributed by atoms with Crippen LogP contribution >= 0.6 is 0 Å². The zero-order chi connectivity index (χ0) is 12.9. The molecular formula is C9H18N4O3S. The van der Waals surface area contributed by atoms with E-state index in [1.807, 2.05) is 6.92 Å². The van der Waals surface area contributed by atoms with E-state index in [2.05, 4.69) is 14.7 Å². The number of H-pyrrole nitrogens is 1. The minimum absolute atomic E-state index is 0.0453. The third-order valence-electron chi connectivity index (χ3n) is 2.20. The molecule has 0 fully saturated rings. The summed E-state index contributed by atoms with van der Waals surface area (Å²) in [6.07, 6.45) is 1.94. The zero-order valence-corrected chi connectivity index (χ0v) is 10.8. The van der Waals surface area contributed by atoms with Crippen LogP contribution in [0.3, 0.4) is 0 Å². The topological polar surface area (TPSA) is 110 Å². The Morgan fingerprint density at radius 3 is 2.82 bits per heavy atom. The number of aromatic amines is 1. The minimum Gasteiger partial charge on any atom is -0.383 e. The number of aryl methyl sites for hydroxylation is 1. The maximum absolute atomic E-state index is 11.9. The minimum atomic E-state index is -3.61. The molecule has 0 aromatic carbocycles. The molecule has 0 bridgehead atoms. The molecule has 0 spiro atoms. The molecule has 0 saturated heterocycles. The number of imidazole rings is 1. The van der Waals surface area contributed by atoms with Crippen molar-refractivity contribution < 1.29 is 13.2 Å². The predicted molar refractivity (Wildman–Crippen MR) is 63.0 cm³/mol. The lowest BCUT2D eigenvalue weighted by atomic mass is 10.3. The number of rotatable bonds is 7. The molecule has 0 radical (unpaired) electrons. The lowest BCUT2D eigenvalue weighted by Crippen LogP contribution is -2.43. The largest absolute Gasteiger partial charge is 0.383 e.